The number of ether oxygens (including phenoxy) is 6. The van der Waals surface area contributed by atoms with Crippen LogP contribution in [0.1, 0.15) is 94.9 Å². The van der Waals surface area contributed by atoms with Crippen LogP contribution in [0.2, 0.25) is 0 Å². The Morgan fingerprint density at radius 2 is 1.59 bits per heavy atom. The monoisotopic (exact) mass is 734 g/mol. The van der Waals surface area contributed by atoms with Crippen molar-refractivity contribution in [3.05, 3.63) is 0 Å². The predicted molar refractivity (Wildman–Crippen MR) is 190 cm³/mol. The topological polar surface area (TPSA) is 189 Å². The Balaban J connectivity index is 2.16. The number of carbonyl (C=O) groups excluding carboxylic acids is 1. The van der Waals surface area contributed by atoms with E-state index in [2.05, 4.69) is 5.32 Å². The number of rotatable bonds is 7. The van der Waals surface area contributed by atoms with E-state index in [-0.39, 0.29) is 37.3 Å². The number of esters is 1. The highest BCUT2D eigenvalue weighted by atomic mass is 16.7. The second-order valence-corrected chi connectivity index (χ2v) is 16.5. The van der Waals surface area contributed by atoms with E-state index < -0.39 is 96.0 Å². The van der Waals surface area contributed by atoms with Gasteiger partial charge in [-0.05, 0) is 87.7 Å². The number of carbonyl (C=O) groups is 1. The SMILES string of the molecule is CC[C@H]1OC(=O)[C@H](C)[C@@H](O[C@H]2C[C@@](C)(OC)[C@@H](O)[C@H](C)O2)C(C)[C@@H](O[C@@H]2O[C@H](C)C[C@H](NC)[C@H]2O)[C@](C)(O)C[C@@H](C)CN(C)[C@H](C)[C@@H](O)[C@]1(C)O. The summed E-state index contributed by atoms with van der Waals surface area (Å²) in [7, 11) is 5.10. The average Bonchev–Trinajstić information content (AvgIpc) is 3.05. The van der Waals surface area contributed by atoms with E-state index in [0.717, 1.165) is 0 Å². The first-order valence-electron chi connectivity index (χ1n) is 18.8. The van der Waals surface area contributed by atoms with Gasteiger partial charge in [-0.1, -0.05) is 20.8 Å². The van der Waals surface area contributed by atoms with Gasteiger partial charge in [0.2, 0.25) is 0 Å². The normalized spacial score (nSPS) is 50.2. The van der Waals surface area contributed by atoms with Crippen molar-refractivity contribution in [3.63, 3.8) is 0 Å². The zero-order chi connectivity index (χ0) is 38.8. The fraction of sp³-hybridized carbons (Fsp3) is 0.973. The molecule has 3 aliphatic rings. The maximum atomic E-state index is 14.2. The number of nitrogens with zero attached hydrogens (tertiary/aromatic N) is 1. The fourth-order valence-electron chi connectivity index (χ4n) is 8.53. The van der Waals surface area contributed by atoms with Crippen LogP contribution in [0.4, 0.5) is 0 Å². The van der Waals surface area contributed by atoms with E-state index in [1.165, 1.54) is 14.0 Å². The first-order chi connectivity index (χ1) is 23.5. The van der Waals surface area contributed by atoms with Crippen molar-refractivity contribution in [3.8, 4) is 0 Å². The summed E-state index contributed by atoms with van der Waals surface area (Å²) in [6.45, 7) is 18.0. The van der Waals surface area contributed by atoms with Gasteiger partial charge >= 0.3 is 5.97 Å². The standard InChI is InChI=1S/C37H70N2O12/c1-14-26-37(10,45)30(41)23(6)39(12)18-19(2)16-35(8,44)32(51-34-28(40)25(38-11)15-20(3)47-34)21(4)29(22(5)33(43)49-26)50-27-17-36(9,46-13)31(42)24(7)48-27/h19-32,34,38,40-42,44-45H,14-18H2,1-13H3/t19-,20-,21?,22-,23-,24+,25+,26-,27+,28-,29+,30-,31+,32-,34+,35-,36-,37-/m1/s1. The maximum Gasteiger partial charge on any atom is 0.311 e. The molecule has 3 heterocycles. The molecular formula is C37H70N2O12. The molecule has 0 saturated carbocycles. The van der Waals surface area contributed by atoms with Crippen LogP contribution in [0.3, 0.4) is 0 Å². The Kier molecular flexibility index (Phi) is 15.3. The van der Waals surface area contributed by atoms with Gasteiger partial charge in [-0.15, -0.1) is 0 Å². The third-order valence-corrected chi connectivity index (χ3v) is 11.9. The number of hydrogen-bond acceptors (Lipinski definition) is 14. The number of hydrogen-bond donors (Lipinski definition) is 6. The predicted octanol–water partition coefficient (Wildman–Crippen LogP) is 1.56. The Morgan fingerprint density at radius 3 is 2.16 bits per heavy atom. The number of aliphatic hydroxyl groups excluding tert-OH is 3. The lowest BCUT2D eigenvalue weighted by Crippen LogP contribution is -2.60. The molecule has 0 aromatic carbocycles. The molecule has 14 heteroatoms. The molecule has 0 aromatic rings. The summed E-state index contributed by atoms with van der Waals surface area (Å²) >= 11 is 0. The number of aliphatic hydroxyl groups is 5. The van der Waals surface area contributed by atoms with Crippen molar-refractivity contribution in [1.82, 2.24) is 10.2 Å². The van der Waals surface area contributed by atoms with Crippen molar-refractivity contribution in [2.24, 2.45) is 17.8 Å². The lowest BCUT2D eigenvalue weighted by Gasteiger charge is -2.48. The van der Waals surface area contributed by atoms with Crippen molar-refractivity contribution < 1.29 is 58.7 Å². The maximum absolute atomic E-state index is 14.2. The Morgan fingerprint density at radius 1 is 0.961 bits per heavy atom. The largest absolute Gasteiger partial charge is 0.459 e. The summed E-state index contributed by atoms with van der Waals surface area (Å²) in [4.78, 5) is 16.1. The van der Waals surface area contributed by atoms with Gasteiger partial charge in [0.1, 0.15) is 30.0 Å². The molecule has 0 spiro atoms. The second-order valence-electron chi connectivity index (χ2n) is 16.5. The third-order valence-electron chi connectivity index (χ3n) is 11.9. The Labute approximate surface area is 305 Å². The van der Waals surface area contributed by atoms with Crippen LogP contribution < -0.4 is 5.32 Å². The highest BCUT2D eigenvalue weighted by molar-refractivity contribution is 5.73. The van der Waals surface area contributed by atoms with E-state index in [1.54, 1.807) is 48.6 Å². The Bertz CT molecular complexity index is 1110. The van der Waals surface area contributed by atoms with Crippen LogP contribution >= 0.6 is 0 Å². The highest BCUT2D eigenvalue weighted by Crippen LogP contribution is 2.40. The van der Waals surface area contributed by atoms with Crippen molar-refractivity contribution in [1.29, 1.82) is 0 Å². The Hall–Kier alpha value is -1.01. The molecule has 51 heavy (non-hydrogen) atoms. The van der Waals surface area contributed by atoms with Gasteiger partial charge in [0.05, 0.1) is 41.5 Å². The van der Waals surface area contributed by atoms with Gasteiger partial charge in [0.15, 0.2) is 12.6 Å². The smallest absolute Gasteiger partial charge is 0.311 e. The first-order valence-corrected chi connectivity index (χ1v) is 18.8. The summed E-state index contributed by atoms with van der Waals surface area (Å²) in [5, 5.41) is 61.0. The summed E-state index contributed by atoms with van der Waals surface area (Å²) < 4.78 is 37.3. The molecular weight excluding hydrogens is 664 g/mol. The summed E-state index contributed by atoms with van der Waals surface area (Å²) in [5.74, 6) is -2.59. The molecule has 3 aliphatic heterocycles. The molecule has 300 valence electrons. The molecule has 1 unspecified atom stereocenters. The van der Waals surface area contributed by atoms with E-state index in [0.29, 0.717) is 13.0 Å². The second kappa shape index (κ2) is 17.6. The molecule has 3 fully saturated rings. The van der Waals surface area contributed by atoms with E-state index in [9.17, 15) is 30.3 Å². The van der Waals surface area contributed by atoms with Crippen molar-refractivity contribution >= 4 is 5.97 Å². The quantitative estimate of drug-likeness (QED) is 0.207. The van der Waals surface area contributed by atoms with Gasteiger partial charge in [-0.2, -0.15) is 0 Å². The summed E-state index contributed by atoms with van der Waals surface area (Å²) in [6, 6.07) is -0.858. The molecule has 0 bridgehead atoms. The zero-order valence-corrected chi connectivity index (χ0v) is 33.2. The zero-order valence-electron chi connectivity index (χ0n) is 33.2. The van der Waals surface area contributed by atoms with Crippen LogP contribution in [0.25, 0.3) is 0 Å². The molecule has 6 N–H and O–H groups in total. The molecule has 0 aliphatic carbocycles. The minimum atomic E-state index is -1.80. The first kappa shape index (κ1) is 44.4. The third kappa shape index (κ3) is 10.0. The minimum Gasteiger partial charge on any atom is -0.459 e. The number of methoxy groups -OCH3 is 1. The highest BCUT2D eigenvalue weighted by Gasteiger charge is 2.52. The van der Waals surface area contributed by atoms with Gasteiger partial charge in [-0.3, -0.25) is 4.79 Å². The van der Waals surface area contributed by atoms with Gasteiger partial charge < -0.3 is 64.2 Å². The van der Waals surface area contributed by atoms with Gasteiger partial charge in [-0.25, -0.2) is 0 Å². The van der Waals surface area contributed by atoms with Gasteiger partial charge in [0, 0.05) is 38.1 Å². The number of nitrogens with one attached hydrogen (secondary N) is 1. The molecule has 3 saturated heterocycles. The minimum absolute atomic E-state index is 0.132. The van der Waals surface area contributed by atoms with Crippen LogP contribution in [0.5, 0.6) is 0 Å². The van der Waals surface area contributed by atoms with E-state index in [4.69, 9.17) is 28.4 Å². The number of likely N-dealkylation sites (N-methyl/N-ethyl adjacent to an activating group) is 2. The molecule has 0 amide bonds. The molecule has 3 rings (SSSR count). The summed E-state index contributed by atoms with van der Waals surface area (Å²) in [6.07, 6.45) is -8.24. The van der Waals surface area contributed by atoms with Crippen LogP contribution in [-0.2, 0) is 33.2 Å². The average molecular weight is 735 g/mol. The fourth-order valence-corrected chi connectivity index (χ4v) is 8.53. The molecule has 18 atom stereocenters. The molecule has 0 radical (unpaired) electrons. The van der Waals surface area contributed by atoms with Crippen LogP contribution in [0, 0.1) is 17.8 Å². The van der Waals surface area contributed by atoms with Gasteiger partial charge in [0.25, 0.3) is 0 Å². The van der Waals surface area contributed by atoms with E-state index in [1.807, 2.05) is 32.7 Å². The lowest BCUT2D eigenvalue weighted by molar-refractivity contribution is -0.316. The van der Waals surface area contributed by atoms with Crippen LogP contribution in [0.15, 0.2) is 0 Å². The summed E-state index contributed by atoms with van der Waals surface area (Å²) in [5.41, 5.74) is -4.37. The van der Waals surface area contributed by atoms with E-state index >= 15 is 0 Å². The van der Waals surface area contributed by atoms with Crippen molar-refractivity contribution in [2.75, 3.05) is 27.7 Å². The molecule has 0 aromatic heterocycles. The number of cyclic esters (lactones) is 1. The molecule has 14 nitrogen and oxygen atoms in total. The lowest BCUT2D eigenvalue weighted by atomic mass is 9.77. The van der Waals surface area contributed by atoms with Crippen LogP contribution in [-0.4, -0.2) is 154 Å². The van der Waals surface area contributed by atoms with Crippen molar-refractivity contribution in [2.45, 2.75) is 185 Å².